The van der Waals surface area contributed by atoms with Gasteiger partial charge in [-0.1, -0.05) is 42.5 Å². The van der Waals surface area contributed by atoms with Crippen LogP contribution in [0.5, 0.6) is 0 Å². The number of thiocarbonyl (C=S) groups is 1. The van der Waals surface area contributed by atoms with Gasteiger partial charge in [-0.05, 0) is 25.5 Å². The lowest BCUT2D eigenvalue weighted by atomic mass is 10.1. The second kappa shape index (κ2) is 5.88. The highest BCUT2D eigenvalue weighted by atomic mass is 32.1. The van der Waals surface area contributed by atoms with Crippen LogP contribution in [-0.2, 0) is 0 Å². The van der Waals surface area contributed by atoms with E-state index < -0.39 is 6.04 Å². The fraction of sp³-hybridized carbons (Fsp3) is 0.200. The van der Waals surface area contributed by atoms with Gasteiger partial charge in [-0.15, -0.1) is 0 Å². The van der Waals surface area contributed by atoms with Crippen molar-refractivity contribution < 1.29 is 9.21 Å². The Kier molecular flexibility index (Phi) is 4.20. The van der Waals surface area contributed by atoms with Crippen molar-refractivity contribution in [2.45, 2.75) is 19.9 Å². The van der Waals surface area contributed by atoms with Crippen molar-refractivity contribution >= 4 is 23.1 Å². The molecule has 20 heavy (non-hydrogen) atoms. The topological polar surface area (TPSA) is 68.3 Å². The molecule has 3 N–H and O–H groups in total. The van der Waals surface area contributed by atoms with Crippen molar-refractivity contribution in [2.75, 3.05) is 0 Å². The van der Waals surface area contributed by atoms with Crippen LogP contribution in [-0.4, -0.2) is 10.9 Å². The van der Waals surface area contributed by atoms with Crippen molar-refractivity contribution in [1.82, 2.24) is 5.32 Å². The molecule has 0 saturated heterocycles. The first kappa shape index (κ1) is 14.3. The Labute approximate surface area is 123 Å². The molecule has 0 radical (unpaired) electrons. The van der Waals surface area contributed by atoms with Crippen molar-refractivity contribution in [3.8, 4) is 0 Å². The Morgan fingerprint density at radius 2 is 1.95 bits per heavy atom. The van der Waals surface area contributed by atoms with Gasteiger partial charge in [-0.3, -0.25) is 4.79 Å². The predicted octanol–water partition coefficient (Wildman–Crippen LogP) is 2.65. The van der Waals surface area contributed by atoms with E-state index >= 15 is 0 Å². The van der Waals surface area contributed by atoms with E-state index in [-0.39, 0.29) is 10.9 Å². The van der Waals surface area contributed by atoms with Crippen LogP contribution in [0.4, 0.5) is 0 Å². The van der Waals surface area contributed by atoms with E-state index in [1.807, 2.05) is 30.3 Å². The summed E-state index contributed by atoms with van der Waals surface area (Å²) in [7, 11) is 0. The Morgan fingerprint density at radius 3 is 2.45 bits per heavy atom. The summed E-state index contributed by atoms with van der Waals surface area (Å²) in [6.45, 7) is 3.55. The van der Waals surface area contributed by atoms with E-state index in [1.54, 1.807) is 19.9 Å². The summed E-state index contributed by atoms with van der Waals surface area (Å²) in [6, 6.07) is 10.6. The van der Waals surface area contributed by atoms with Crippen molar-refractivity contribution in [2.24, 2.45) is 5.73 Å². The third kappa shape index (κ3) is 3.05. The third-order valence-electron chi connectivity index (χ3n) is 2.98. The molecule has 0 fully saturated rings. The van der Waals surface area contributed by atoms with Crippen LogP contribution in [0, 0.1) is 13.8 Å². The number of hydrogen-bond donors (Lipinski definition) is 2. The van der Waals surface area contributed by atoms with Crippen LogP contribution in [0.15, 0.2) is 40.8 Å². The number of aryl methyl sites for hydroxylation is 2. The molecular formula is C15H16N2O2S. The van der Waals surface area contributed by atoms with Gasteiger partial charge in [0, 0.05) is 0 Å². The first-order chi connectivity index (χ1) is 9.49. The van der Waals surface area contributed by atoms with Crippen LogP contribution >= 0.6 is 12.2 Å². The summed E-state index contributed by atoms with van der Waals surface area (Å²) in [4.78, 5) is 12.5. The number of hydrogen-bond acceptors (Lipinski definition) is 3. The van der Waals surface area contributed by atoms with Gasteiger partial charge >= 0.3 is 0 Å². The highest BCUT2D eigenvalue weighted by Gasteiger charge is 2.20. The predicted molar refractivity (Wildman–Crippen MR) is 81.6 cm³/mol. The molecule has 1 aromatic carbocycles. The van der Waals surface area contributed by atoms with Crippen molar-refractivity contribution in [3.05, 3.63) is 59.0 Å². The Morgan fingerprint density at radius 1 is 1.30 bits per heavy atom. The number of amides is 1. The molecule has 104 valence electrons. The lowest BCUT2D eigenvalue weighted by molar-refractivity contribution is 0.0945. The van der Waals surface area contributed by atoms with E-state index in [9.17, 15) is 4.79 Å². The summed E-state index contributed by atoms with van der Waals surface area (Å²) < 4.78 is 5.36. The largest absolute Gasteiger partial charge is 0.466 e. The van der Waals surface area contributed by atoms with E-state index in [2.05, 4.69) is 5.32 Å². The minimum Gasteiger partial charge on any atom is -0.466 e. The van der Waals surface area contributed by atoms with Crippen LogP contribution < -0.4 is 11.1 Å². The number of rotatable bonds is 4. The monoisotopic (exact) mass is 288 g/mol. The van der Waals surface area contributed by atoms with E-state index in [0.29, 0.717) is 17.1 Å². The first-order valence-corrected chi connectivity index (χ1v) is 6.62. The SMILES string of the molecule is Cc1cc(C(=O)NC(C(N)=S)c2ccccc2)c(C)o1. The molecule has 0 aliphatic rings. The molecule has 1 aromatic heterocycles. The summed E-state index contributed by atoms with van der Waals surface area (Å²) in [6.07, 6.45) is 0. The Hall–Kier alpha value is -2.14. The molecule has 1 unspecified atom stereocenters. The minimum absolute atomic E-state index is 0.224. The summed E-state index contributed by atoms with van der Waals surface area (Å²) in [5, 5.41) is 2.84. The molecule has 1 heterocycles. The lowest BCUT2D eigenvalue weighted by Crippen LogP contribution is -2.36. The van der Waals surface area contributed by atoms with E-state index in [4.69, 9.17) is 22.4 Å². The zero-order chi connectivity index (χ0) is 14.7. The van der Waals surface area contributed by atoms with Gasteiger partial charge in [0.25, 0.3) is 5.91 Å². The first-order valence-electron chi connectivity index (χ1n) is 6.21. The maximum atomic E-state index is 12.3. The van der Waals surface area contributed by atoms with Crippen LogP contribution in [0.3, 0.4) is 0 Å². The van der Waals surface area contributed by atoms with Crippen LogP contribution in [0.25, 0.3) is 0 Å². The molecule has 0 saturated carbocycles. The fourth-order valence-corrected chi connectivity index (χ4v) is 2.22. The van der Waals surface area contributed by atoms with Gasteiger partial charge in [-0.25, -0.2) is 0 Å². The molecule has 4 nitrogen and oxygen atoms in total. The quantitative estimate of drug-likeness (QED) is 0.849. The highest BCUT2D eigenvalue weighted by molar-refractivity contribution is 7.80. The molecule has 0 spiro atoms. The van der Waals surface area contributed by atoms with Crippen molar-refractivity contribution in [1.29, 1.82) is 0 Å². The van der Waals surface area contributed by atoms with Crippen LogP contribution in [0.1, 0.15) is 33.5 Å². The average molecular weight is 288 g/mol. The van der Waals surface area contributed by atoms with Gasteiger partial charge in [0.15, 0.2) is 0 Å². The minimum atomic E-state index is -0.492. The van der Waals surface area contributed by atoms with Gasteiger partial charge in [-0.2, -0.15) is 0 Å². The van der Waals surface area contributed by atoms with E-state index in [1.165, 1.54) is 0 Å². The van der Waals surface area contributed by atoms with E-state index in [0.717, 1.165) is 5.56 Å². The number of benzene rings is 1. The third-order valence-corrected chi connectivity index (χ3v) is 3.21. The zero-order valence-corrected chi connectivity index (χ0v) is 12.2. The maximum absolute atomic E-state index is 12.3. The summed E-state index contributed by atoms with van der Waals surface area (Å²) in [5.41, 5.74) is 7.08. The molecular weight excluding hydrogens is 272 g/mol. The molecule has 2 aromatic rings. The Balaban J connectivity index is 2.23. The summed E-state index contributed by atoms with van der Waals surface area (Å²) >= 11 is 5.05. The fourth-order valence-electron chi connectivity index (χ4n) is 2.03. The van der Waals surface area contributed by atoms with Gasteiger partial charge in [0.1, 0.15) is 22.6 Å². The molecule has 0 bridgehead atoms. The average Bonchev–Trinajstić information content (AvgIpc) is 2.75. The number of carbonyl (C=O) groups is 1. The standard InChI is InChI=1S/C15H16N2O2S/c1-9-8-12(10(2)19-9)15(18)17-13(14(16)20)11-6-4-3-5-7-11/h3-8,13H,1-2H3,(H2,16,20)(H,17,18). The number of nitrogens with one attached hydrogen (secondary N) is 1. The second-order valence-electron chi connectivity index (χ2n) is 4.55. The molecule has 1 atom stereocenters. The zero-order valence-electron chi connectivity index (χ0n) is 11.3. The smallest absolute Gasteiger partial charge is 0.255 e. The molecule has 2 rings (SSSR count). The Bertz CT molecular complexity index is 635. The second-order valence-corrected chi connectivity index (χ2v) is 5.02. The lowest BCUT2D eigenvalue weighted by Gasteiger charge is -2.17. The molecule has 0 aliphatic carbocycles. The van der Waals surface area contributed by atoms with Gasteiger partial charge in [0.05, 0.1) is 5.56 Å². The molecule has 1 amide bonds. The number of nitrogens with two attached hydrogens (primary N) is 1. The number of carbonyl (C=O) groups excluding carboxylic acids is 1. The van der Waals surface area contributed by atoms with Gasteiger partial charge in [0.2, 0.25) is 0 Å². The molecule has 0 aliphatic heterocycles. The molecule has 5 heteroatoms. The van der Waals surface area contributed by atoms with Crippen molar-refractivity contribution in [3.63, 3.8) is 0 Å². The number of furan rings is 1. The van der Waals surface area contributed by atoms with Gasteiger partial charge < -0.3 is 15.5 Å². The maximum Gasteiger partial charge on any atom is 0.255 e. The normalized spacial score (nSPS) is 11.9. The summed E-state index contributed by atoms with van der Waals surface area (Å²) in [5.74, 6) is 1.02. The van der Waals surface area contributed by atoms with Crippen LogP contribution in [0.2, 0.25) is 0 Å². The highest BCUT2D eigenvalue weighted by Crippen LogP contribution is 2.17.